The van der Waals surface area contributed by atoms with Gasteiger partial charge in [-0.15, -0.1) is 0 Å². The van der Waals surface area contributed by atoms with Gasteiger partial charge in [0.1, 0.15) is 17.2 Å². The van der Waals surface area contributed by atoms with Gasteiger partial charge in [0.15, 0.2) is 0 Å². The molecule has 2 aromatic rings. The molecular weight excluding hydrogens is 255 g/mol. The Bertz CT molecular complexity index is 666. The minimum atomic E-state index is -1.13. The third-order valence-corrected chi connectivity index (χ3v) is 4.17. The summed E-state index contributed by atoms with van der Waals surface area (Å²) in [4.78, 5) is 0. The molecule has 0 amide bonds. The van der Waals surface area contributed by atoms with Crippen molar-refractivity contribution in [3.05, 3.63) is 64.5 Å². The lowest BCUT2D eigenvalue weighted by Crippen LogP contribution is -2.24. The monoisotopic (exact) mass is 272 g/mol. The number of hydrogen-bond donors (Lipinski definition) is 1. The zero-order valence-corrected chi connectivity index (χ0v) is 11.6. The maximum absolute atomic E-state index is 13.8. The number of methoxy groups -OCH3 is 1. The van der Waals surface area contributed by atoms with Crippen molar-refractivity contribution in [3.8, 4) is 5.75 Å². The molecule has 0 heterocycles. The van der Waals surface area contributed by atoms with Gasteiger partial charge in [0.25, 0.3) is 0 Å². The molecule has 0 aromatic heterocycles. The molecule has 104 valence electrons. The molecule has 0 saturated carbocycles. The fourth-order valence-electron chi connectivity index (χ4n) is 2.89. The third kappa shape index (κ3) is 1.90. The van der Waals surface area contributed by atoms with Gasteiger partial charge in [-0.3, -0.25) is 0 Å². The van der Waals surface area contributed by atoms with Crippen molar-refractivity contribution in [2.24, 2.45) is 0 Å². The normalized spacial score (nSPS) is 20.8. The Kier molecular flexibility index (Phi) is 3.02. The van der Waals surface area contributed by atoms with Crippen LogP contribution in [-0.4, -0.2) is 12.2 Å². The Morgan fingerprint density at radius 1 is 1.20 bits per heavy atom. The van der Waals surface area contributed by atoms with Gasteiger partial charge < -0.3 is 9.84 Å². The smallest absolute Gasteiger partial charge is 0.126 e. The summed E-state index contributed by atoms with van der Waals surface area (Å²) in [6, 6.07) is 10.6. The average Bonchev–Trinajstić information content (AvgIpc) is 2.80. The molecule has 2 aromatic carbocycles. The van der Waals surface area contributed by atoms with E-state index in [9.17, 15) is 9.50 Å². The molecule has 1 atom stereocenters. The first-order chi connectivity index (χ1) is 9.54. The van der Waals surface area contributed by atoms with Gasteiger partial charge in [-0.25, -0.2) is 4.39 Å². The summed E-state index contributed by atoms with van der Waals surface area (Å²) in [6.45, 7) is 1.72. The maximum Gasteiger partial charge on any atom is 0.126 e. The topological polar surface area (TPSA) is 29.5 Å². The molecule has 0 saturated heterocycles. The largest absolute Gasteiger partial charge is 0.497 e. The van der Waals surface area contributed by atoms with Crippen LogP contribution < -0.4 is 4.74 Å². The highest BCUT2D eigenvalue weighted by molar-refractivity contribution is 5.48. The lowest BCUT2D eigenvalue weighted by atomic mass is 9.87. The van der Waals surface area contributed by atoms with Crippen LogP contribution in [0.25, 0.3) is 0 Å². The molecule has 2 nitrogen and oxygen atoms in total. The van der Waals surface area contributed by atoms with E-state index in [0.29, 0.717) is 23.3 Å². The van der Waals surface area contributed by atoms with Gasteiger partial charge in [0, 0.05) is 0 Å². The van der Waals surface area contributed by atoms with Crippen LogP contribution in [0.5, 0.6) is 5.75 Å². The summed E-state index contributed by atoms with van der Waals surface area (Å²) in [5.41, 5.74) is 1.97. The first kappa shape index (κ1) is 13.1. The van der Waals surface area contributed by atoms with Gasteiger partial charge >= 0.3 is 0 Å². The number of fused-ring (bicyclic) bond motifs is 1. The lowest BCUT2D eigenvalue weighted by molar-refractivity contribution is 0.0823. The molecule has 20 heavy (non-hydrogen) atoms. The zero-order chi connectivity index (χ0) is 14.3. The minimum Gasteiger partial charge on any atom is -0.497 e. The van der Waals surface area contributed by atoms with Crippen LogP contribution >= 0.6 is 0 Å². The molecule has 0 radical (unpaired) electrons. The van der Waals surface area contributed by atoms with Gasteiger partial charge in [0.05, 0.1) is 7.11 Å². The number of halogens is 1. The standard InChI is InChI=1S/C17H17FO2/c1-11-3-5-13(9-16(11)18)17(19)8-7-12-4-6-14(20-2)10-15(12)17/h3-6,9-10,19H,7-8H2,1-2H3. The second kappa shape index (κ2) is 4.60. The predicted octanol–water partition coefficient (Wildman–Crippen LogP) is 3.32. The lowest BCUT2D eigenvalue weighted by Gasteiger charge is -2.25. The van der Waals surface area contributed by atoms with E-state index in [-0.39, 0.29) is 5.82 Å². The summed E-state index contributed by atoms with van der Waals surface area (Å²) < 4.78 is 19.0. The van der Waals surface area contributed by atoms with Crippen molar-refractivity contribution in [1.29, 1.82) is 0 Å². The number of hydrogen-bond acceptors (Lipinski definition) is 2. The third-order valence-electron chi connectivity index (χ3n) is 4.17. The SMILES string of the molecule is COc1ccc2c(c1)C(O)(c1ccc(C)c(F)c1)CC2. The van der Waals surface area contributed by atoms with E-state index in [1.54, 1.807) is 26.2 Å². The number of benzene rings is 2. The van der Waals surface area contributed by atoms with Gasteiger partial charge in [-0.1, -0.05) is 18.2 Å². The molecule has 1 aliphatic carbocycles. The summed E-state index contributed by atoms with van der Waals surface area (Å²) >= 11 is 0. The van der Waals surface area contributed by atoms with E-state index in [1.165, 1.54) is 6.07 Å². The van der Waals surface area contributed by atoms with Crippen molar-refractivity contribution >= 4 is 0 Å². The molecule has 0 spiro atoms. The van der Waals surface area contributed by atoms with Crippen LogP contribution in [0.2, 0.25) is 0 Å². The van der Waals surface area contributed by atoms with E-state index in [4.69, 9.17) is 4.74 Å². The van der Waals surface area contributed by atoms with Gasteiger partial charge in [0.2, 0.25) is 0 Å². The Morgan fingerprint density at radius 3 is 2.70 bits per heavy atom. The quantitative estimate of drug-likeness (QED) is 0.908. The van der Waals surface area contributed by atoms with Crippen LogP contribution in [0.4, 0.5) is 4.39 Å². The Labute approximate surface area is 117 Å². The van der Waals surface area contributed by atoms with E-state index in [0.717, 1.165) is 17.5 Å². The molecule has 1 unspecified atom stereocenters. The molecule has 0 bridgehead atoms. The molecule has 1 N–H and O–H groups in total. The van der Waals surface area contributed by atoms with Gasteiger partial charge in [-0.2, -0.15) is 0 Å². The van der Waals surface area contributed by atoms with Crippen LogP contribution in [0, 0.1) is 12.7 Å². The van der Waals surface area contributed by atoms with Crippen molar-refractivity contribution in [2.75, 3.05) is 7.11 Å². The predicted molar refractivity (Wildman–Crippen MR) is 75.5 cm³/mol. The second-order valence-corrected chi connectivity index (χ2v) is 5.35. The summed E-state index contributed by atoms with van der Waals surface area (Å²) in [6.07, 6.45) is 1.35. The Morgan fingerprint density at radius 2 is 2.00 bits per heavy atom. The zero-order valence-electron chi connectivity index (χ0n) is 11.6. The van der Waals surface area contributed by atoms with E-state index in [2.05, 4.69) is 0 Å². The second-order valence-electron chi connectivity index (χ2n) is 5.35. The fraction of sp³-hybridized carbons (Fsp3) is 0.294. The Balaban J connectivity index is 2.13. The molecule has 0 aliphatic heterocycles. The van der Waals surface area contributed by atoms with Crippen LogP contribution in [-0.2, 0) is 12.0 Å². The minimum absolute atomic E-state index is 0.285. The van der Waals surface area contributed by atoms with Crippen molar-refractivity contribution < 1.29 is 14.2 Å². The van der Waals surface area contributed by atoms with Crippen molar-refractivity contribution in [1.82, 2.24) is 0 Å². The van der Waals surface area contributed by atoms with Crippen molar-refractivity contribution in [2.45, 2.75) is 25.4 Å². The number of rotatable bonds is 2. The van der Waals surface area contributed by atoms with Gasteiger partial charge in [-0.05, 0) is 60.2 Å². The highest BCUT2D eigenvalue weighted by Gasteiger charge is 2.38. The molecular formula is C17H17FO2. The van der Waals surface area contributed by atoms with Crippen molar-refractivity contribution in [3.63, 3.8) is 0 Å². The molecule has 3 heteroatoms. The molecule has 0 fully saturated rings. The average molecular weight is 272 g/mol. The summed E-state index contributed by atoms with van der Waals surface area (Å²) in [5.74, 6) is 0.420. The highest BCUT2D eigenvalue weighted by atomic mass is 19.1. The van der Waals surface area contributed by atoms with E-state index in [1.807, 2.05) is 18.2 Å². The number of ether oxygens (including phenoxy) is 1. The summed E-state index contributed by atoms with van der Waals surface area (Å²) in [5, 5.41) is 11.0. The molecule has 1 aliphatic rings. The molecule has 3 rings (SSSR count). The van der Waals surface area contributed by atoms with Crippen LogP contribution in [0.1, 0.15) is 28.7 Å². The number of aryl methyl sites for hydroxylation is 2. The van der Waals surface area contributed by atoms with E-state index < -0.39 is 5.60 Å². The first-order valence-corrected chi connectivity index (χ1v) is 6.71. The van der Waals surface area contributed by atoms with Crippen LogP contribution in [0.3, 0.4) is 0 Å². The fourth-order valence-corrected chi connectivity index (χ4v) is 2.89. The highest BCUT2D eigenvalue weighted by Crippen LogP contribution is 2.43. The van der Waals surface area contributed by atoms with E-state index >= 15 is 0 Å². The Hall–Kier alpha value is -1.87. The first-order valence-electron chi connectivity index (χ1n) is 6.71. The summed E-state index contributed by atoms with van der Waals surface area (Å²) in [7, 11) is 1.60. The maximum atomic E-state index is 13.8. The number of aliphatic hydroxyl groups is 1. The van der Waals surface area contributed by atoms with Crippen LogP contribution in [0.15, 0.2) is 36.4 Å².